The number of fused-ring (bicyclic) bond motifs is 1. The van der Waals surface area contributed by atoms with Crippen LogP contribution >= 0.6 is 11.6 Å². The van der Waals surface area contributed by atoms with Gasteiger partial charge in [0.05, 0.1) is 11.4 Å². The summed E-state index contributed by atoms with van der Waals surface area (Å²) in [4.78, 5) is 9.81. The molecule has 0 saturated carbocycles. The van der Waals surface area contributed by atoms with Gasteiger partial charge < -0.3 is 9.80 Å². The summed E-state index contributed by atoms with van der Waals surface area (Å²) in [5.74, 6) is 0.906. The minimum Gasteiger partial charge on any atom is -0.338 e. The molecule has 0 aliphatic carbocycles. The lowest BCUT2D eigenvalue weighted by molar-refractivity contribution is 0.203. The summed E-state index contributed by atoms with van der Waals surface area (Å²) in [5.41, 5.74) is 6.67. The molecule has 4 rings (SSSR count). The molecule has 2 aromatic carbocycles. The van der Waals surface area contributed by atoms with Crippen LogP contribution in [0.15, 0.2) is 64.2 Å². The normalized spacial score (nSPS) is 19.0. The highest BCUT2D eigenvalue weighted by Crippen LogP contribution is 2.39. The monoisotopic (exact) mass is 449 g/mol. The van der Waals surface area contributed by atoms with Gasteiger partial charge in [0.25, 0.3) is 0 Å². The van der Waals surface area contributed by atoms with Crippen LogP contribution in [0.1, 0.15) is 38.3 Å². The van der Waals surface area contributed by atoms with Crippen LogP contribution < -0.4 is 0 Å². The third-order valence-electron chi connectivity index (χ3n) is 6.13. The number of aliphatic imine (C=N–C) groups is 1. The van der Waals surface area contributed by atoms with Crippen LogP contribution in [0.5, 0.6) is 0 Å². The summed E-state index contributed by atoms with van der Waals surface area (Å²) >= 11 is 6.41. The first-order valence-electron chi connectivity index (χ1n) is 11.4. The number of allylic oxidation sites excluding steroid dienone is 1. The molecule has 6 heteroatoms. The third-order valence-corrected chi connectivity index (χ3v) is 6.36. The van der Waals surface area contributed by atoms with Gasteiger partial charge in [-0.15, -0.1) is 0 Å². The van der Waals surface area contributed by atoms with Crippen LogP contribution in [0.25, 0.3) is 5.70 Å². The van der Waals surface area contributed by atoms with E-state index in [2.05, 4.69) is 66.9 Å². The highest BCUT2D eigenvalue weighted by molar-refractivity contribution is 6.31. The second-order valence-corrected chi connectivity index (χ2v) is 9.09. The Bertz CT molecular complexity index is 1050. The van der Waals surface area contributed by atoms with E-state index in [4.69, 9.17) is 21.7 Å². The highest BCUT2D eigenvalue weighted by atomic mass is 35.5. The number of likely N-dealkylation sites (N-methyl/N-ethyl adjacent to an activating group) is 1. The number of benzene rings is 2. The number of halogens is 1. The van der Waals surface area contributed by atoms with Crippen LogP contribution in [-0.2, 0) is 6.42 Å². The first-order chi connectivity index (χ1) is 15.5. The Balaban J connectivity index is 1.81. The Morgan fingerprint density at radius 1 is 1.03 bits per heavy atom. The van der Waals surface area contributed by atoms with E-state index in [-0.39, 0.29) is 0 Å². The lowest BCUT2D eigenvalue weighted by atomic mass is 10.0. The van der Waals surface area contributed by atoms with Gasteiger partial charge >= 0.3 is 0 Å². The van der Waals surface area contributed by atoms with Gasteiger partial charge in [-0.3, -0.25) is 0 Å². The average Bonchev–Trinajstić information content (AvgIpc) is 2.79. The SMILES string of the molecule is CCC(C)=C1c2cc(Cl)ccc2N=C(N2CCN(C)CC2)N1/N=C(\C)Cc1ccccc1. The van der Waals surface area contributed by atoms with Crippen molar-refractivity contribution in [3.8, 4) is 0 Å². The van der Waals surface area contributed by atoms with Gasteiger partial charge in [-0.1, -0.05) is 48.9 Å². The van der Waals surface area contributed by atoms with Gasteiger partial charge in [-0.05, 0) is 56.7 Å². The Kier molecular flexibility index (Phi) is 6.97. The third kappa shape index (κ3) is 4.89. The van der Waals surface area contributed by atoms with E-state index in [1.807, 2.05) is 24.3 Å². The van der Waals surface area contributed by atoms with Crippen molar-refractivity contribution in [1.82, 2.24) is 14.8 Å². The minimum atomic E-state index is 0.716. The maximum atomic E-state index is 6.41. The molecule has 0 radical (unpaired) electrons. The molecule has 2 aromatic rings. The summed E-state index contributed by atoms with van der Waals surface area (Å²) in [6.45, 7) is 10.4. The highest BCUT2D eigenvalue weighted by Gasteiger charge is 2.31. The summed E-state index contributed by atoms with van der Waals surface area (Å²) in [5, 5.41) is 7.94. The molecule has 0 amide bonds. The standard InChI is InChI=1S/C26H32ClN5/c1-5-19(2)25-23-18-22(27)11-12-24(23)28-26(31-15-13-30(4)14-16-31)32(25)29-20(3)17-21-9-7-6-8-10-21/h6-12,18H,5,13-17H2,1-4H3/b25-19?,29-20+. The number of hydrogen-bond acceptors (Lipinski definition) is 5. The predicted molar refractivity (Wildman–Crippen MR) is 136 cm³/mol. The van der Waals surface area contributed by atoms with Gasteiger partial charge in [-0.2, -0.15) is 10.1 Å². The van der Waals surface area contributed by atoms with Crippen LogP contribution in [-0.4, -0.2) is 59.7 Å². The van der Waals surface area contributed by atoms with Crippen molar-refractivity contribution in [3.05, 3.63) is 70.3 Å². The molecule has 0 aromatic heterocycles. The Morgan fingerprint density at radius 3 is 2.44 bits per heavy atom. The molecular weight excluding hydrogens is 418 g/mol. The number of piperazine rings is 1. The second kappa shape index (κ2) is 9.88. The van der Waals surface area contributed by atoms with E-state index in [1.165, 1.54) is 11.1 Å². The molecule has 32 heavy (non-hydrogen) atoms. The fourth-order valence-corrected chi connectivity index (χ4v) is 4.32. The topological polar surface area (TPSA) is 34.4 Å². The zero-order chi connectivity index (χ0) is 22.7. The van der Waals surface area contributed by atoms with Crippen LogP contribution in [0, 0.1) is 0 Å². The molecule has 0 N–H and O–H groups in total. The van der Waals surface area contributed by atoms with Crippen molar-refractivity contribution in [2.24, 2.45) is 10.1 Å². The van der Waals surface area contributed by atoms with E-state index in [0.717, 1.165) is 67.6 Å². The molecule has 5 nitrogen and oxygen atoms in total. The van der Waals surface area contributed by atoms with Gasteiger partial charge in [0.1, 0.15) is 0 Å². The van der Waals surface area contributed by atoms with Crippen molar-refractivity contribution < 1.29 is 0 Å². The van der Waals surface area contributed by atoms with E-state index >= 15 is 0 Å². The molecular formula is C26H32ClN5. The molecule has 1 fully saturated rings. The molecule has 2 aliphatic heterocycles. The quantitative estimate of drug-likeness (QED) is 0.565. The van der Waals surface area contributed by atoms with Gasteiger partial charge in [0, 0.05) is 48.9 Å². The smallest absolute Gasteiger partial charge is 0.227 e. The largest absolute Gasteiger partial charge is 0.338 e. The fraction of sp³-hybridized carbons (Fsp3) is 0.385. The first kappa shape index (κ1) is 22.6. The first-order valence-corrected chi connectivity index (χ1v) is 11.7. The molecule has 2 heterocycles. The van der Waals surface area contributed by atoms with Crippen LogP contribution in [0.3, 0.4) is 0 Å². The van der Waals surface area contributed by atoms with Gasteiger partial charge in [0.15, 0.2) is 0 Å². The zero-order valence-corrected chi connectivity index (χ0v) is 20.2. The van der Waals surface area contributed by atoms with Crippen LogP contribution in [0.2, 0.25) is 5.02 Å². The van der Waals surface area contributed by atoms with E-state index in [1.54, 1.807) is 0 Å². The summed E-state index contributed by atoms with van der Waals surface area (Å²) in [6.07, 6.45) is 1.73. The van der Waals surface area contributed by atoms with E-state index < -0.39 is 0 Å². The maximum absolute atomic E-state index is 6.41. The average molecular weight is 450 g/mol. The Morgan fingerprint density at radius 2 is 1.75 bits per heavy atom. The van der Waals surface area contributed by atoms with Crippen molar-refractivity contribution in [2.45, 2.75) is 33.6 Å². The Hall–Kier alpha value is -2.63. The number of hydrazone groups is 1. The van der Waals surface area contributed by atoms with E-state index in [9.17, 15) is 0 Å². The van der Waals surface area contributed by atoms with Crippen molar-refractivity contribution in [3.63, 3.8) is 0 Å². The van der Waals surface area contributed by atoms with E-state index in [0.29, 0.717) is 5.02 Å². The fourth-order valence-electron chi connectivity index (χ4n) is 4.15. The molecule has 0 bridgehead atoms. The van der Waals surface area contributed by atoms with Crippen molar-refractivity contribution in [1.29, 1.82) is 0 Å². The maximum Gasteiger partial charge on any atom is 0.227 e. The number of hydrogen-bond donors (Lipinski definition) is 0. The molecule has 1 saturated heterocycles. The molecule has 0 unspecified atom stereocenters. The Labute approximate surface area is 196 Å². The lowest BCUT2D eigenvalue weighted by Gasteiger charge is -2.40. The zero-order valence-electron chi connectivity index (χ0n) is 19.5. The summed E-state index contributed by atoms with van der Waals surface area (Å²) in [6, 6.07) is 16.5. The number of guanidine groups is 1. The van der Waals surface area contributed by atoms with Crippen molar-refractivity contribution >= 4 is 34.7 Å². The molecule has 168 valence electrons. The molecule has 0 atom stereocenters. The lowest BCUT2D eigenvalue weighted by Crippen LogP contribution is -2.52. The summed E-state index contributed by atoms with van der Waals surface area (Å²) in [7, 11) is 2.17. The molecule has 0 spiro atoms. The van der Waals surface area contributed by atoms with Crippen molar-refractivity contribution in [2.75, 3.05) is 33.2 Å². The summed E-state index contributed by atoms with van der Waals surface area (Å²) < 4.78 is 0. The number of rotatable bonds is 4. The minimum absolute atomic E-state index is 0.716. The van der Waals surface area contributed by atoms with Crippen LogP contribution in [0.4, 0.5) is 5.69 Å². The molecule has 2 aliphatic rings. The van der Waals surface area contributed by atoms with Gasteiger partial charge in [-0.25, -0.2) is 4.99 Å². The predicted octanol–water partition coefficient (Wildman–Crippen LogP) is 5.65. The second-order valence-electron chi connectivity index (χ2n) is 8.66. The van der Waals surface area contributed by atoms with Gasteiger partial charge in [0.2, 0.25) is 5.96 Å². The number of nitrogens with zero attached hydrogens (tertiary/aromatic N) is 5.